The Morgan fingerprint density at radius 3 is 2.56 bits per heavy atom. The number of carbonyl (C=O) groups excluding carboxylic acids is 3. The molecule has 0 aliphatic carbocycles. The third-order valence-corrected chi connectivity index (χ3v) is 7.11. The molecule has 0 radical (unpaired) electrons. The molecule has 15 heteroatoms. The van der Waals surface area contributed by atoms with Crippen molar-refractivity contribution in [2.45, 2.75) is 51.1 Å². The number of carbonyl (C=O) groups is 3. The number of piperidine rings is 1. The Morgan fingerprint density at radius 2 is 1.93 bits per heavy atom. The van der Waals surface area contributed by atoms with Gasteiger partial charge in [-0.05, 0) is 32.0 Å². The Hall–Kier alpha value is -3.98. The summed E-state index contributed by atoms with van der Waals surface area (Å²) in [4.78, 5) is 45.6. The van der Waals surface area contributed by atoms with Crippen LogP contribution < -0.4 is 11.1 Å². The number of rotatable bonds is 10. The Balaban J connectivity index is 1.59. The lowest BCUT2D eigenvalue weighted by Gasteiger charge is -2.40. The summed E-state index contributed by atoms with van der Waals surface area (Å²) in [6, 6.07) is 6.45. The van der Waals surface area contributed by atoms with Crippen molar-refractivity contribution in [3.05, 3.63) is 65.5 Å². The van der Waals surface area contributed by atoms with Crippen LogP contribution in [-0.2, 0) is 32.1 Å². The molecule has 1 saturated heterocycles. The number of nitrogens with one attached hydrogen (secondary N) is 1. The molecule has 0 saturated carbocycles. The molecule has 2 aliphatic rings. The molecule has 4 rings (SSSR count). The number of benzene rings is 1. The second-order valence-electron chi connectivity index (χ2n) is 11.1. The molecule has 0 unspecified atom stereocenters. The number of pyridine rings is 1. The number of alkyl halides is 3. The van der Waals surface area contributed by atoms with Crippen molar-refractivity contribution in [2.75, 3.05) is 26.2 Å². The first-order valence-corrected chi connectivity index (χ1v) is 13.4. The average Bonchev–Trinajstić information content (AvgIpc) is 3.17. The minimum atomic E-state index is -4.71. The minimum absolute atomic E-state index is 0.00697. The number of hydrogen-bond donors (Lipinski definition) is 2. The Morgan fingerprint density at radius 1 is 1.19 bits per heavy atom. The normalized spacial score (nSPS) is 19.6. The molecule has 1 aromatic carbocycles. The van der Waals surface area contributed by atoms with Crippen molar-refractivity contribution in [2.24, 2.45) is 16.3 Å². The summed E-state index contributed by atoms with van der Waals surface area (Å²) in [5, 5.41) is 6.90. The van der Waals surface area contributed by atoms with E-state index in [0.717, 1.165) is 6.07 Å². The highest BCUT2D eigenvalue weighted by Crippen LogP contribution is 2.39. The van der Waals surface area contributed by atoms with Gasteiger partial charge in [0.2, 0.25) is 11.8 Å². The van der Waals surface area contributed by atoms with Gasteiger partial charge in [-0.15, -0.1) is 0 Å². The van der Waals surface area contributed by atoms with Crippen molar-refractivity contribution < 1.29 is 41.1 Å². The second kappa shape index (κ2) is 12.3. The van der Waals surface area contributed by atoms with Gasteiger partial charge in [-0.25, -0.2) is 13.8 Å². The number of hydrogen-bond acceptors (Lipinski definition) is 7. The molecule has 2 aliphatic heterocycles. The maximum atomic E-state index is 14.1. The van der Waals surface area contributed by atoms with E-state index in [-0.39, 0.29) is 43.8 Å². The third kappa shape index (κ3) is 7.51. The zero-order valence-electron chi connectivity index (χ0n) is 23.5. The monoisotopic (exact) mass is 610 g/mol. The van der Waals surface area contributed by atoms with Crippen LogP contribution in [0.1, 0.15) is 31.5 Å². The molecule has 0 bridgehead atoms. The second-order valence-corrected chi connectivity index (χ2v) is 11.1. The van der Waals surface area contributed by atoms with E-state index in [1.807, 2.05) is 0 Å². The first-order chi connectivity index (χ1) is 20.1. The summed E-state index contributed by atoms with van der Waals surface area (Å²) >= 11 is 0. The SMILES string of the molecule is CC(C)(N)C(=O)N[C@H](COCc1ccc(F)cc1F)C(=O)N1CCC2=NN(CC(F)(F)F)C(=O)[C@@]2(Cc2ccccn2)C1. The average molecular weight is 611 g/mol. The van der Waals surface area contributed by atoms with Gasteiger partial charge >= 0.3 is 6.18 Å². The topological polar surface area (TPSA) is 130 Å². The fourth-order valence-electron chi connectivity index (χ4n) is 4.93. The fourth-order valence-corrected chi connectivity index (χ4v) is 4.93. The lowest BCUT2D eigenvalue weighted by molar-refractivity contribution is -0.164. The zero-order chi connectivity index (χ0) is 31.6. The lowest BCUT2D eigenvalue weighted by atomic mass is 9.74. The molecule has 3 amide bonds. The number of amides is 3. The summed E-state index contributed by atoms with van der Waals surface area (Å²) < 4.78 is 72.7. The van der Waals surface area contributed by atoms with Crippen LogP contribution in [0.3, 0.4) is 0 Å². The van der Waals surface area contributed by atoms with Gasteiger partial charge in [0.1, 0.15) is 29.6 Å². The summed E-state index contributed by atoms with van der Waals surface area (Å²) in [5.74, 6) is -3.97. The molecule has 3 N–H and O–H groups in total. The smallest absolute Gasteiger partial charge is 0.374 e. The van der Waals surface area contributed by atoms with Crippen molar-refractivity contribution in [1.29, 1.82) is 0 Å². The van der Waals surface area contributed by atoms with E-state index >= 15 is 0 Å². The molecule has 10 nitrogen and oxygen atoms in total. The number of aromatic nitrogens is 1. The summed E-state index contributed by atoms with van der Waals surface area (Å²) in [6.45, 7) is 0.0803. The van der Waals surface area contributed by atoms with Gasteiger partial charge < -0.3 is 20.7 Å². The van der Waals surface area contributed by atoms with E-state index in [2.05, 4.69) is 15.4 Å². The molecule has 1 aromatic heterocycles. The molecule has 0 spiro atoms. The Kier molecular flexibility index (Phi) is 9.16. The number of likely N-dealkylation sites (tertiary alicyclic amines) is 1. The van der Waals surface area contributed by atoms with Gasteiger partial charge in [0.15, 0.2) is 0 Å². The number of fused-ring (bicyclic) bond motifs is 1. The first-order valence-electron chi connectivity index (χ1n) is 13.4. The van der Waals surface area contributed by atoms with E-state index < -0.39 is 65.7 Å². The molecular weight excluding hydrogens is 579 g/mol. The number of hydrazone groups is 1. The maximum Gasteiger partial charge on any atom is 0.408 e. The lowest BCUT2D eigenvalue weighted by Crippen LogP contribution is -2.62. The van der Waals surface area contributed by atoms with Crippen molar-refractivity contribution in [1.82, 2.24) is 20.2 Å². The van der Waals surface area contributed by atoms with Gasteiger partial charge in [-0.1, -0.05) is 12.1 Å². The molecule has 2 aromatic rings. The highest BCUT2D eigenvalue weighted by atomic mass is 19.4. The van der Waals surface area contributed by atoms with Crippen molar-refractivity contribution in [3.8, 4) is 0 Å². The molecule has 232 valence electrons. The van der Waals surface area contributed by atoms with Crippen LogP contribution >= 0.6 is 0 Å². The fraction of sp³-hybridized carbons (Fsp3) is 0.464. The Labute approximate surface area is 244 Å². The van der Waals surface area contributed by atoms with Crippen molar-refractivity contribution in [3.63, 3.8) is 0 Å². The van der Waals surface area contributed by atoms with Gasteiger partial charge in [-0.2, -0.15) is 18.3 Å². The van der Waals surface area contributed by atoms with E-state index in [9.17, 15) is 36.3 Å². The summed E-state index contributed by atoms with van der Waals surface area (Å²) in [6.07, 6.45) is -3.36. The minimum Gasteiger partial charge on any atom is -0.374 e. The zero-order valence-corrected chi connectivity index (χ0v) is 23.5. The summed E-state index contributed by atoms with van der Waals surface area (Å²) in [5.41, 5.74) is 3.49. The highest BCUT2D eigenvalue weighted by Gasteiger charge is 2.56. The van der Waals surface area contributed by atoms with Gasteiger partial charge in [0, 0.05) is 49.5 Å². The molecule has 43 heavy (non-hydrogen) atoms. The van der Waals surface area contributed by atoms with E-state index in [1.165, 1.54) is 31.0 Å². The summed E-state index contributed by atoms with van der Waals surface area (Å²) in [7, 11) is 0. The molecule has 1 fully saturated rings. The largest absolute Gasteiger partial charge is 0.408 e. The van der Waals surface area contributed by atoms with Crippen LogP contribution in [0.15, 0.2) is 47.7 Å². The van der Waals surface area contributed by atoms with E-state index in [4.69, 9.17) is 10.5 Å². The maximum absolute atomic E-state index is 14.1. The van der Waals surface area contributed by atoms with Gasteiger partial charge in [0.05, 0.1) is 24.5 Å². The first kappa shape index (κ1) is 31.9. The number of nitrogens with zero attached hydrogens (tertiary/aromatic N) is 4. The molecule has 3 heterocycles. The number of nitrogens with two attached hydrogens (primary N) is 1. The van der Waals surface area contributed by atoms with Gasteiger partial charge in [-0.3, -0.25) is 19.4 Å². The Bertz CT molecular complexity index is 1400. The van der Waals surface area contributed by atoms with Crippen molar-refractivity contribution >= 4 is 23.4 Å². The van der Waals surface area contributed by atoms with Crippen LogP contribution in [0.5, 0.6) is 0 Å². The quantitative estimate of drug-likeness (QED) is 0.398. The predicted octanol–water partition coefficient (Wildman–Crippen LogP) is 2.32. The van der Waals surface area contributed by atoms with Crippen LogP contribution in [0.25, 0.3) is 0 Å². The van der Waals surface area contributed by atoms with Crippen LogP contribution in [0, 0.1) is 17.0 Å². The molecule has 2 atom stereocenters. The third-order valence-electron chi connectivity index (χ3n) is 7.11. The van der Waals surface area contributed by atoms with Crippen LogP contribution in [-0.4, -0.2) is 82.3 Å². The van der Waals surface area contributed by atoms with Gasteiger partial charge in [0.25, 0.3) is 5.91 Å². The van der Waals surface area contributed by atoms with E-state index in [1.54, 1.807) is 18.2 Å². The van der Waals surface area contributed by atoms with Crippen LogP contribution in [0.2, 0.25) is 0 Å². The molecular formula is C28H31F5N6O4. The van der Waals surface area contributed by atoms with Crippen LogP contribution in [0.4, 0.5) is 22.0 Å². The number of ether oxygens (including phenoxy) is 1. The highest BCUT2D eigenvalue weighted by molar-refractivity contribution is 6.13. The number of halogens is 5. The predicted molar refractivity (Wildman–Crippen MR) is 143 cm³/mol. The van der Waals surface area contributed by atoms with E-state index in [0.29, 0.717) is 16.8 Å². The standard InChI is InChI=1S/C28H31F5N6O4/c1-26(2,34)24(41)36-21(14-43-13-17-6-7-18(29)11-20(17)30)23(40)38-10-8-22-27(15-38,12-19-5-3-4-9-35-19)25(42)39(37-22)16-28(31,32)33/h3-7,9,11,21H,8,10,12-16,34H2,1-2H3,(H,36,41)/t21-,27+/m1/s1.